The summed E-state index contributed by atoms with van der Waals surface area (Å²) < 4.78 is 0. The zero-order chi connectivity index (χ0) is 17.3. The smallest absolute Gasteiger partial charge is 0.253 e. The highest BCUT2D eigenvalue weighted by Crippen LogP contribution is 2.27. The van der Waals surface area contributed by atoms with E-state index < -0.39 is 6.04 Å². The summed E-state index contributed by atoms with van der Waals surface area (Å²) in [6.45, 7) is 7.42. The SMILES string of the molecule is CC(C)C(NC(=O)c1ccccc1Cl)C(=O)N1C[C@H]2CNC[C@H]2C1.Cl. The number of nitrogens with zero attached hydrogens (tertiary/aromatic N) is 1. The number of fused-ring (bicyclic) bond motifs is 1. The first-order valence-electron chi connectivity index (χ1n) is 8.52. The van der Waals surface area contributed by atoms with Crippen LogP contribution >= 0.6 is 24.0 Å². The predicted octanol–water partition coefficient (Wildman–Crippen LogP) is 2.19. The summed E-state index contributed by atoms with van der Waals surface area (Å²) >= 11 is 6.09. The summed E-state index contributed by atoms with van der Waals surface area (Å²) in [6.07, 6.45) is 0. The van der Waals surface area contributed by atoms with Gasteiger partial charge in [-0.15, -0.1) is 12.4 Å². The van der Waals surface area contributed by atoms with Gasteiger partial charge in [-0.3, -0.25) is 9.59 Å². The lowest BCUT2D eigenvalue weighted by Crippen LogP contribution is -2.51. The normalized spacial score (nSPS) is 23.1. The summed E-state index contributed by atoms with van der Waals surface area (Å²) in [5.74, 6) is 0.818. The second-order valence-corrected chi connectivity index (χ2v) is 7.50. The predicted molar refractivity (Wildman–Crippen MR) is 101 cm³/mol. The highest BCUT2D eigenvalue weighted by Gasteiger charge is 2.40. The molecule has 2 aliphatic heterocycles. The van der Waals surface area contributed by atoms with Crippen LogP contribution in [-0.4, -0.2) is 48.9 Å². The summed E-state index contributed by atoms with van der Waals surface area (Å²) in [4.78, 5) is 27.4. The Morgan fingerprint density at radius 3 is 2.36 bits per heavy atom. The summed E-state index contributed by atoms with van der Waals surface area (Å²) in [5, 5.41) is 6.65. The molecule has 2 saturated heterocycles. The second kappa shape index (κ2) is 8.39. The quantitative estimate of drug-likeness (QED) is 0.834. The van der Waals surface area contributed by atoms with E-state index in [-0.39, 0.29) is 30.1 Å². The van der Waals surface area contributed by atoms with E-state index in [0.717, 1.165) is 26.2 Å². The van der Waals surface area contributed by atoms with Gasteiger partial charge in [-0.25, -0.2) is 0 Å². The average molecular weight is 386 g/mol. The number of halogens is 2. The van der Waals surface area contributed by atoms with Crippen LogP contribution in [0.5, 0.6) is 0 Å². The number of carbonyl (C=O) groups is 2. The van der Waals surface area contributed by atoms with E-state index >= 15 is 0 Å². The van der Waals surface area contributed by atoms with Crippen molar-refractivity contribution in [3.05, 3.63) is 34.9 Å². The number of nitrogens with one attached hydrogen (secondary N) is 2. The van der Waals surface area contributed by atoms with Gasteiger partial charge < -0.3 is 15.5 Å². The van der Waals surface area contributed by atoms with Crippen LogP contribution in [-0.2, 0) is 4.79 Å². The lowest BCUT2D eigenvalue weighted by molar-refractivity contribution is -0.133. The molecular weight excluding hydrogens is 361 g/mol. The zero-order valence-corrected chi connectivity index (χ0v) is 16.1. The van der Waals surface area contributed by atoms with Crippen molar-refractivity contribution in [3.63, 3.8) is 0 Å². The molecule has 7 heteroatoms. The number of carbonyl (C=O) groups excluding carboxylic acids is 2. The lowest BCUT2D eigenvalue weighted by atomic mass is 10.0. The Morgan fingerprint density at radius 1 is 1.20 bits per heavy atom. The maximum atomic E-state index is 12.9. The minimum Gasteiger partial charge on any atom is -0.340 e. The fourth-order valence-electron chi connectivity index (χ4n) is 3.61. The van der Waals surface area contributed by atoms with Gasteiger partial charge in [0.05, 0.1) is 10.6 Å². The Hall–Kier alpha value is -1.30. The van der Waals surface area contributed by atoms with Crippen LogP contribution in [0, 0.1) is 17.8 Å². The fraction of sp³-hybridized carbons (Fsp3) is 0.556. The van der Waals surface area contributed by atoms with E-state index in [9.17, 15) is 9.59 Å². The first kappa shape index (κ1) is 20.0. The van der Waals surface area contributed by atoms with Gasteiger partial charge in [0, 0.05) is 26.2 Å². The molecule has 3 atom stereocenters. The van der Waals surface area contributed by atoms with Crippen molar-refractivity contribution in [2.75, 3.05) is 26.2 Å². The number of amides is 2. The average Bonchev–Trinajstić information content (AvgIpc) is 3.13. The van der Waals surface area contributed by atoms with Crippen molar-refractivity contribution >= 4 is 35.8 Å². The third-order valence-electron chi connectivity index (χ3n) is 5.04. The lowest BCUT2D eigenvalue weighted by Gasteiger charge is -2.27. The number of hydrogen-bond acceptors (Lipinski definition) is 3. The molecule has 0 spiro atoms. The molecule has 2 aliphatic rings. The van der Waals surface area contributed by atoms with Gasteiger partial charge in [0.1, 0.15) is 6.04 Å². The molecule has 1 aromatic carbocycles. The van der Waals surface area contributed by atoms with Crippen LogP contribution in [0.3, 0.4) is 0 Å². The van der Waals surface area contributed by atoms with Gasteiger partial charge in [0.15, 0.2) is 0 Å². The monoisotopic (exact) mass is 385 g/mol. The van der Waals surface area contributed by atoms with Crippen molar-refractivity contribution in [1.29, 1.82) is 0 Å². The van der Waals surface area contributed by atoms with Crippen molar-refractivity contribution in [2.24, 2.45) is 17.8 Å². The third-order valence-corrected chi connectivity index (χ3v) is 5.37. The van der Waals surface area contributed by atoms with E-state index in [2.05, 4.69) is 10.6 Å². The highest BCUT2D eigenvalue weighted by atomic mass is 35.5. The van der Waals surface area contributed by atoms with E-state index in [1.807, 2.05) is 18.7 Å². The number of rotatable bonds is 4. The van der Waals surface area contributed by atoms with Crippen LogP contribution in [0.15, 0.2) is 24.3 Å². The first-order chi connectivity index (χ1) is 11.5. The Morgan fingerprint density at radius 2 is 1.80 bits per heavy atom. The number of likely N-dealkylation sites (tertiary alicyclic amines) is 1. The van der Waals surface area contributed by atoms with E-state index in [4.69, 9.17) is 11.6 Å². The Labute approximate surface area is 159 Å². The van der Waals surface area contributed by atoms with Crippen molar-refractivity contribution < 1.29 is 9.59 Å². The van der Waals surface area contributed by atoms with Gasteiger partial charge in [-0.1, -0.05) is 37.6 Å². The molecular formula is C18H25Cl2N3O2. The van der Waals surface area contributed by atoms with E-state index in [1.54, 1.807) is 24.3 Å². The molecule has 2 amide bonds. The molecule has 0 bridgehead atoms. The molecule has 0 saturated carbocycles. The molecule has 138 valence electrons. The summed E-state index contributed by atoms with van der Waals surface area (Å²) in [5.41, 5.74) is 0.403. The highest BCUT2D eigenvalue weighted by molar-refractivity contribution is 6.33. The minimum atomic E-state index is -0.527. The molecule has 2 fully saturated rings. The van der Waals surface area contributed by atoms with Gasteiger partial charge in [-0.05, 0) is 29.9 Å². The van der Waals surface area contributed by atoms with Gasteiger partial charge in [0.25, 0.3) is 5.91 Å². The van der Waals surface area contributed by atoms with Crippen LogP contribution in [0.4, 0.5) is 0 Å². The molecule has 3 rings (SSSR count). The second-order valence-electron chi connectivity index (χ2n) is 7.10. The summed E-state index contributed by atoms with van der Waals surface area (Å²) in [7, 11) is 0. The molecule has 0 aromatic heterocycles. The van der Waals surface area contributed by atoms with E-state index in [0.29, 0.717) is 22.4 Å². The molecule has 2 N–H and O–H groups in total. The largest absolute Gasteiger partial charge is 0.340 e. The molecule has 0 radical (unpaired) electrons. The molecule has 1 unspecified atom stereocenters. The van der Waals surface area contributed by atoms with Crippen molar-refractivity contribution in [3.8, 4) is 0 Å². The number of benzene rings is 1. The van der Waals surface area contributed by atoms with Crippen molar-refractivity contribution in [2.45, 2.75) is 19.9 Å². The van der Waals surface area contributed by atoms with Crippen LogP contribution in [0.25, 0.3) is 0 Å². The van der Waals surface area contributed by atoms with Crippen molar-refractivity contribution in [1.82, 2.24) is 15.5 Å². The first-order valence-corrected chi connectivity index (χ1v) is 8.90. The fourth-order valence-corrected chi connectivity index (χ4v) is 3.83. The number of hydrogen-bond donors (Lipinski definition) is 2. The van der Waals surface area contributed by atoms with Gasteiger partial charge >= 0.3 is 0 Å². The standard InChI is InChI=1S/C18H24ClN3O2.ClH/c1-11(2)16(21-17(23)14-5-3-4-6-15(14)19)18(24)22-9-12-7-20-8-13(12)10-22;/h3-6,11-13,16,20H,7-10H2,1-2H3,(H,21,23);1H/t12-,13+,16?;. The van der Waals surface area contributed by atoms with Crippen LogP contribution in [0.1, 0.15) is 24.2 Å². The molecule has 1 aromatic rings. The molecule has 2 heterocycles. The Kier molecular flexibility index (Phi) is 6.72. The zero-order valence-electron chi connectivity index (χ0n) is 14.5. The topological polar surface area (TPSA) is 61.4 Å². The maximum absolute atomic E-state index is 12.9. The van der Waals surface area contributed by atoms with Gasteiger partial charge in [-0.2, -0.15) is 0 Å². The molecule has 0 aliphatic carbocycles. The minimum absolute atomic E-state index is 0. The molecule has 5 nitrogen and oxygen atoms in total. The Bertz CT molecular complexity index is 627. The van der Waals surface area contributed by atoms with Crippen LogP contribution < -0.4 is 10.6 Å². The third kappa shape index (κ3) is 4.27. The Balaban J connectivity index is 0.00000225. The summed E-state index contributed by atoms with van der Waals surface area (Å²) in [6, 6.07) is 6.37. The molecule has 25 heavy (non-hydrogen) atoms. The van der Waals surface area contributed by atoms with Gasteiger partial charge in [0.2, 0.25) is 5.91 Å². The van der Waals surface area contributed by atoms with E-state index in [1.165, 1.54) is 0 Å². The van der Waals surface area contributed by atoms with Crippen LogP contribution in [0.2, 0.25) is 5.02 Å². The maximum Gasteiger partial charge on any atom is 0.253 e.